The molecule has 0 spiro atoms. The fraction of sp³-hybridized carbons (Fsp3) is 0.389. The summed E-state index contributed by atoms with van der Waals surface area (Å²) in [4.78, 5) is 11.8. The minimum atomic E-state index is -0.821. The molecule has 1 aromatic carbocycles. The Labute approximate surface area is 135 Å². The highest BCUT2D eigenvalue weighted by atomic mass is 16.5. The summed E-state index contributed by atoms with van der Waals surface area (Å²) in [6.07, 6.45) is 5.61. The van der Waals surface area contributed by atoms with Gasteiger partial charge in [0.1, 0.15) is 16.7 Å². The Balaban J connectivity index is 2.44. The van der Waals surface area contributed by atoms with Crippen LogP contribution in [0.25, 0.3) is 11.0 Å². The number of hydrogen-bond donors (Lipinski definition) is 1. The summed E-state index contributed by atoms with van der Waals surface area (Å²) in [5.74, 6) is 0.0878. The standard InChI is InChI=1S/C18H22O5/c1-4-5-6-7-11-21-17-15-13(22-12(2)3)9-8-10-14(15)23-18(20)16(17)19/h5-6,8-10,12,19H,4,7,11H2,1-3H3. The van der Waals surface area contributed by atoms with Gasteiger partial charge in [0, 0.05) is 0 Å². The van der Waals surface area contributed by atoms with Gasteiger partial charge >= 0.3 is 5.63 Å². The first-order chi connectivity index (χ1) is 11.0. The van der Waals surface area contributed by atoms with Gasteiger partial charge in [0.2, 0.25) is 5.75 Å². The molecule has 1 N–H and O–H groups in total. The highest BCUT2D eigenvalue weighted by Crippen LogP contribution is 2.38. The molecule has 0 radical (unpaired) electrons. The van der Waals surface area contributed by atoms with E-state index in [1.807, 2.05) is 26.0 Å². The molecule has 124 valence electrons. The minimum Gasteiger partial charge on any atom is -0.499 e. The van der Waals surface area contributed by atoms with E-state index in [0.29, 0.717) is 29.7 Å². The summed E-state index contributed by atoms with van der Waals surface area (Å²) < 4.78 is 16.5. The van der Waals surface area contributed by atoms with E-state index in [2.05, 4.69) is 6.92 Å². The lowest BCUT2D eigenvalue weighted by atomic mass is 10.2. The van der Waals surface area contributed by atoms with Crippen molar-refractivity contribution in [3.05, 3.63) is 40.8 Å². The monoisotopic (exact) mass is 318 g/mol. The topological polar surface area (TPSA) is 68.9 Å². The van der Waals surface area contributed by atoms with Crippen LogP contribution in [0.5, 0.6) is 17.2 Å². The fourth-order valence-corrected chi connectivity index (χ4v) is 2.19. The molecule has 1 heterocycles. The lowest BCUT2D eigenvalue weighted by molar-refractivity contribution is 0.243. The Morgan fingerprint density at radius 2 is 2.09 bits per heavy atom. The predicted molar refractivity (Wildman–Crippen MR) is 89.5 cm³/mol. The molecular weight excluding hydrogens is 296 g/mol. The summed E-state index contributed by atoms with van der Waals surface area (Å²) in [6.45, 7) is 6.19. The van der Waals surface area contributed by atoms with Crippen LogP contribution in [0.1, 0.15) is 33.6 Å². The van der Waals surface area contributed by atoms with E-state index in [0.717, 1.165) is 6.42 Å². The number of aromatic hydroxyl groups is 1. The molecule has 5 nitrogen and oxygen atoms in total. The van der Waals surface area contributed by atoms with Crippen molar-refractivity contribution in [3.8, 4) is 17.2 Å². The van der Waals surface area contributed by atoms with E-state index in [-0.39, 0.29) is 11.9 Å². The van der Waals surface area contributed by atoms with Gasteiger partial charge in [0.05, 0.1) is 12.7 Å². The van der Waals surface area contributed by atoms with Crippen LogP contribution in [0.2, 0.25) is 0 Å². The molecule has 0 aliphatic heterocycles. The van der Waals surface area contributed by atoms with Crippen LogP contribution in [-0.4, -0.2) is 17.8 Å². The van der Waals surface area contributed by atoms with Gasteiger partial charge in [0.15, 0.2) is 5.75 Å². The summed E-state index contributed by atoms with van der Waals surface area (Å²) >= 11 is 0. The average molecular weight is 318 g/mol. The van der Waals surface area contributed by atoms with Gasteiger partial charge in [-0.1, -0.05) is 25.1 Å². The molecule has 0 bridgehead atoms. The zero-order chi connectivity index (χ0) is 16.8. The summed E-state index contributed by atoms with van der Waals surface area (Å²) in [5.41, 5.74) is -0.497. The molecule has 2 aromatic rings. The van der Waals surface area contributed by atoms with Gasteiger partial charge in [-0.3, -0.25) is 0 Å². The van der Waals surface area contributed by atoms with Crippen LogP contribution in [0, 0.1) is 0 Å². The third-order valence-corrected chi connectivity index (χ3v) is 3.12. The molecule has 0 saturated carbocycles. The molecule has 0 unspecified atom stereocenters. The summed E-state index contributed by atoms with van der Waals surface area (Å²) in [6, 6.07) is 5.13. The van der Waals surface area contributed by atoms with Crippen LogP contribution >= 0.6 is 0 Å². The third-order valence-electron chi connectivity index (χ3n) is 3.12. The van der Waals surface area contributed by atoms with Crippen molar-refractivity contribution in [2.24, 2.45) is 0 Å². The van der Waals surface area contributed by atoms with Crippen molar-refractivity contribution < 1.29 is 19.0 Å². The van der Waals surface area contributed by atoms with Gasteiger partial charge in [-0.25, -0.2) is 4.79 Å². The van der Waals surface area contributed by atoms with Gasteiger partial charge in [0.25, 0.3) is 0 Å². The second-order valence-electron chi connectivity index (χ2n) is 5.38. The first kappa shape index (κ1) is 16.9. The molecule has 5 heteroatoms. The predicted octanol–water partition coefficient (Wildman–Crippen LogP) is 4.02. The Morgan fingerprint density at radius 1 is 1.30 bits per heavy atom. The number of rotatable bonds is 7. The molecule has 0 atom stereocenters. The van der Waals surface area contributed by atoms with Gasteiger partial charge < -0.3 is 19.0 Å². The maximum absolute atomic E-state index is 11.8. The highest BCUT2D eigenvalue weighted by Gasteiger charge is 2.19. The normalized spacial score (nSPS) is 11.5. The van der Waals surface area contributed by atoms with E-state index >= 15 is 0 Å². The first-order valence-electron chi connectivity index (χ1n) is 7.77. The Hall–Kier alpha value is -2.43. The first-order valence-corrected chi connectivity index (χ1v) is 7.77. The van der Waals surface area contributed by atoms with E-state index in [1.165, 1.54) is 0 Å². The van der Waals surface area contributed by atoms with Crippen molar-refractivity contribution in [2.45, 2.75) is 39.7 Å². The van der Waals surface area contributed by atoms with E-state index in [1.54, 1.807) is 18.2 Å². The number of ether oxygens (including phenoxy) is 2. The molecule has 0 aliphatic rings. The lowest BCUT2D eigenvalue weighted by Crippen LogP contribution is -2.08. The van der Waals surface area contributed by atoms with Crippen LogP contribution in [0.4, 0.5) is 0 Å². The quantitative estimate of drug-likeness (QED) is 0.474. The number of allylic oxidation sites excluding steroid dienone is 1. The van der Waals surface area contributed by atoms with Crippen LogP contribution in [0.3, 0.4) is 0 Å². The molecule has 0 aliphatic carbocycles. The van der Waals surface area contributed by atoms with Crippen LogP contribution in [0.15, 0.2) is 39.6 Å². The summed E-state index contributed by atoms with van der Waals surface area (Å²) in [7, 11) is 0. The van der Waals surface area contributed by atoms with Crippen molar-refractivity contribution in [1.29, 1.82) is 0 Å². The molecule has 0 saturated heterocycles. The summed E-state index contributed by atoms with van der Waals surface area (Å²) in [5, 5.41) is 10.5. The van der Waals surface area contributed by atoms with E-state index in [4.69, 9.17) is 13.9 Å². The highest BCUT2D eigenvalue weighted by molar-refractivity contribution is 5.91. The smallest absolute Gasteiger partial charge is 0.382 e. The van der Waals surface area contributed by atoms with Crippen LogP contribution < -0.4 is 15.1 Å². The SMILES string of the molecule is CCC=CCCOc1c(O)c(=O)oc2cccc(OC(C)C)c12. The number of hydrogen-bond acceptors (Lipinski definition) is 5. The molecule has 0 fully saturated rings. The molecule has 1 aromatic heterocycles. The van der Waals surface area contributed by atoms with Crippen molar-refractivity contribution >= 4 is 11.0 Å². The largest absolute Gasteiger partial charge is 0.499 e. The van der Waals surface area contributed by atoms with Gasteiger partial charge in [-0.15, -0.1) is 0 Å². The Kier molecular flexibility index (Phi) is 5.68. The second-order valence-corrected chi connectivity index (χ2v) is 5.38. The third kappa shape index (κ3) is 4.06. The zero-order valence-electron chi connectivity index (χ0n) is 13.7. The van der Waals surface area contributed by atoms with Crippen molar-refractivity contribution in [1.82, 2.24) is 0 Å². The Bertz CT molecular complexity index is 743. The van der Waals surface area contributed by atoms with E-state index < -0.39 is 11.4 Å². The molecule has 23 heavy (non-hydrogen) atoms. The van der Waals surface area contributed by atoms with Crippen molar-refractivity contribution in [3.63, 3.8) is 0 Å². The zero-order valence-corrected chi connectivity index (χ0v) is 13.7. The maximum atomic E-state index is 11.8. The maximum Gasteiger partial charge on any atom is 0.382 e. The number of fused-ring (bicyclic) bond motifs is 1. The molecule has 2 rings (SSSR count). The van der Waals surface area contributed by atoms with E-state index in [9.17, 15) is 9.90 Å². The molecule has 0 amide bonds. The number of benzene rings is 1. The van der Waals surface area contributed by atoms with Gasteiger partial charge in [-0.05, 0) is 38.8 Å². The fourth-order valence-electron chi connectivity index (χ4n) is 2.19. The minimum absolute atomic E-state index is 0.0602. The lowest BCUT2D eigenvalue weighted by Gasteiger charge is -2.15. The van der Waals surface area contributed by atoms with Crippen LogP contribution in [-0.2, 0) is 0 Å². The van der Waals surface area contributed by atoms with Gasteiger partial charge in [-0.2, -0.15) is 0 Å². The van der Waals surface area contributed by atoms with Crippen molar-refractivity contribution in [2.75, 3.05) is 6.61 Å². The molecular formula is C18H22O5. The average Bonchev–Trinajstić information content (AvgIpc) is 2.50. The second kappa shape index (κ2) is 7.72. The Morgan fingerprint density at radius 3 is 2.78 bits per heavy atom.